The summed E-state index contributed by atoms with van der Waals surface area (Å²) in [7, 11) is 2.07. The molecule has 0 fully saturated rings. The van der Waals surface area contributed by atoms with Crippen molar-refractivity contribution < 1.29 is 4.42 Å². The molecule has 252 valence electrons. The molecule has 2 aliphatic rings. The van der Waals surface area contributed by atoms with Crippen molar-refractivity contribution in [3.8, 4) is 11.1 Å². The van der Waals surface area contributed by atoms with Gasteiger partial charge in [0.05, 0.1) is 0 Å². The molecule has 4 nitrogen and oxygen atoms in total. The van der Waals surface area contributed by atoms with E-state index >= 15 is 0 Å². The van der Waals surface area contributed by atoms with Gasteiger partial charge in [0, 0.05) is 45.0 Å². The van der Waals surface area contributed by atoms with Crippen molar-refractivity contribution in [2.24, 2.45) is 10.7 Å². The van der Waals surface area contributed by atoms with Gasteiger partial charge in [-0.25, -0.2) is 0 Å². The van der Waals surface area contributed by atoms with Crippen LogP contribution < -0.4 is 16.4 Å². The molecular formula is C43H53N3OS. The Labute approximate surface area is 291 Å². The number of fused-ring (bicyclic) bond motifs is 5. The normalized spacial score (nSPS) is 16.7. The van der Waals surface area contributed by atoms with Crippen molar-refractivity contribution in [1.82, 2.24) is 4.90 Å². The topological polar surface area (TPSA) is 54.8 Å². The number of unbranched alkanes of at least 4 members (excludes halogenated alkanes) is 2. The number of hydrogen-bond acceptors (Lipinski definition) is 4. The molecule has 6 rings (SSSR count). The van der Waals surface area contributed by atoms with Gasteiger partial charge in [0.15, 0.2) is 5.42 Å². The lowest BCUT2D eigenvalue weighted by molar-refractivity contribution is 0.534. The number of aliphatic imine (C=N–C) groups is 1. The van der Waals surface area contributed by atoms with Crippen molar-refractivity contribution in [3.05, 3.63) is 111 Å². The second kappa shape index (κ2) is 17.2. The largest absolute Gasteiger partial charge is 0.454 e. The van der Waals surface area contributed by atoms with E-state index in [1.807, 2.05) is 39.0 Å². The van der Waals surface area contributed by atoms with E-state index in [1.54, 1.807) is 0 Å². The van der Waals surface area contributed by atoms with Gasteiger partial charge in [-0.2, -0.15) is 0 Å². The molecule has 2 aromatic carbocycles. The van der Waals surface area contributed by atoms with Gasteiger partial charge in [-0.15, -0.1) is 11.3 Å². The molecule has 1 aliphatic heterocycles. The number of nitrogens with two attached hydrogens (primary N) is 1. The molecule has 48 heavy (non-hydrogen) atoms. The summed E-state index contributed by atoms with van der Waals surface area (Å²) in [6, 6.07) is 13.3. The first-order chi connectivity index (χ1) is 23.4. The van der Waals surface area contributed by atoms with Crippen LogP contribution in [-0.2, 0) is 0 Å². The van der Waals surface area contributed by atoms with Crippen LogP contribution in [0, 0.1) is 6.92 Å². The molecule has 0 saturated carbocycles. The molecule has 5 heteroatoms. The third-order valence-electron chi connectivity index (χ3n) is 8.55. The van der Waals surface area contributed by atoms with E-state index in [1.165, 1.54) is 26.1 Å². The predicted molar refractivity (Wildman–Crippen MR) is 214 cm³/mol. The van der Waals surface area contributed by atoms with Gasteiger partial charge in [-0.3, -0.25) is 4.99 Å². The van der Waals surface area contributed by atoms with E-state index in [4.69, 9.17) is 15.1 Å². The summed E-state index contributed by atoms with van der Waals surface area (Å²) in [6.07, 6.45) is 20.4. The maximum Gasteiger partial charge on any atom is 0.162 e. The number of amidine groups is 1. The van der Waals surface area contributed by atoms with E-state index in [2.05, 4.69) is 118 Å². The first kappa shape index (κ1) is 36.5. The maximum absolute atomic E-state index is 6.81. The van der Waals surface area contributed by atoms with E-state index in [0.717, 1.165) is 81.8 Å². The zero-order chi connectivity index (χ0) is 34.8. The Morgan fingerprint density at radius 1 is 0.979 bits per heavy atom. The van der Waals surface area contributed by atoms with Crippen LogP contribution in [-0.4, -0.2) is 24.3 Å². The summed E-state index contributed by atoms with van der Waals surface area (Å²) in [6.45, 7) is 19.5. The fraction of sp³-hybridized carbons (Fsp3) is 0.326. The van der Waals surface area contributed by atoms with E-state index in [-0.39, 0.29) is 0 Å². The minimum Gasteiger partial charge on any atom is -0.454 e. The smallest absolute Gasteiger partial charge is 0.162 e. The summed E-state index contributed by atoms with van der Waals surface area (Å²) in [5.74, 6) is 0.501. The third-order valence-corrected chi connectivity index (χ3v) is 9.64. The van der Waals surface area contributed by atoms with Gasteiger partial charge in [0.1, 0.15) is 17.1 Å². The number of aryl methyl sites for hydroxylation is 1. The number of furan rings is 1. The van der Waals surface area contributed by atoms with Crippen molar-refractivity contribution in [2.45, 2.75) is 80.6 Å². The Morgan fingerprint density at radius 3 is 2.42 bits per heavy atom. The Hall–Kier alpha value is -4.35. The molecule has 2 aromatic heterocycles. The minimum absolute atomic E-state index is 0.501. The van der Waals surface area contributed by atoms with Gasteiger partial charge in [0.2, 0.25) is 0 Å². The summed E-state index contributed by atoms with van der Waals surface area (Å²) in [5.41, 5.74) is 16.0. The molecular weight excluding hydrogens is 607 g/mol. The molecule has 0 amide bonds. The van der Waals surface area contributed by atoms with Crippen LogP contribution in [0.2, 0.25) is 0 Å². The van der Waals surface area contributed by atoms with E-state index in [0.29, 0.717) is 12.4 Å². The lowest BCUT2D eigenvalue weighted by atomic mass is 9.93. The SMILES string of the molecule is C=C1/C=c2\c(oc3cc(-c4ccc5c(/C=C\C)c(C)sc5c4)ccc23)=C(\C(N)=NCCCC/C=C\C)N(C)C2=CCCC=C12.CC.CC. The highest BCUT2D eigenvalue weighted by Gasteiger charge is 2.25. The Morgan fingerprint density at radius 2 is 1.69 bits per heavy atom. The van der Waals surface area contributed by atoms with Gasteiger partial charge >= 0.3 is 0 Å². The van der Waals surface area contributed by atoms with Crippen LogP contribution in [0.15, 0.2) is 99.6 Å². The average molecular weight is 660 g/mol. The predicted octanol–water partition coefficient (Wildman–Crippen LogP) is 10.8. The van der Waals surface area contributed by atoms with Gasteiger partial charge in [0.25, 0.3) is 0 Å². The van der Waals surface area contributed by atoms with Gasteiger partial charge in [-0.05, 0) is 105 Å². The third kappa shape index (κ3) is 7.52. The second-order valence-electron chi connectivity index (χ2n) is 11.5. The molecule has 0 atom stereocenters. The Bertz CT molecular complexity index is 2040. The Balaban J connectivity index is 0.00000125. The van der Waals surface area contributed by atoms with Crippen LogP contribution in [0.5, 0.6) is 0 Å². The van der Waals surface area contributed by atoms with Crippen molar-refractivity contribution in [3.63, 3.8) is 0 Å². The van der Waals surface area contributed by atoms with Gasteiger partial charge in [-0.1, -0.05) is 88.9 Å². The van der Waals surface area contributed by atoms with Crippen LogP contribution in [0.3, 0.4) is 0 Å². The summed E-state index contributed by atoms with van der Waals surface area (Å²) < 4.78 is 8.04. The summed E-state index contributed by atoms with van der Waals surface area (Å²) >= 11 is 1.84. The van der Waals surface area contributed by atoms with Crippen LogP contribution in [0.4, 0.5) is 0 Å². The number of benzene rings is 2. The number of likely N-dealkylation sites (N-methyl/N-ethyl adjacent to an activating group) is 1. The monoisotopic (exact) mass is 659 g/mol. The molecule has 0 saturated heterocycles. The molecule has 2 N–H and O–H groups in total. The quantitative estimate of drug-likeness (QED) is 0.0886. The highest BCUT2D eigenvalue weighted by atomic mass is 32.1. The molecule has 0 radical (unpaired) electrons. The molecule has 4 aromatic rings. The summed E-state index contributed by atoms with van der Waals surface area (Å²) in [4.78, 5) is 8.34. The zero-order valence-corrected chi connectivity index (χ0v) is 31.1. The van der Waals surface area contributed by atoms with E-state index in [9.17, 15) is 0 Å². The molecule has 3 heterocycles. The van der Waals surface area contributed by atoms with Crippen molar-refractivity contribution in [2.75, 3.05) is 13.6 Å². The van der Waals surface area contributed by atoms with Crippen LogP contribution >= 0.6 is 11.3 Å². The highest BCUT2D eigenvalue weighted by molar-refractivity contribution is 7.19. The fourth-order valence-electron chi connectivity index (χ4n) is 6.31. The Kier molecular flexibility index (Phi) is 13.0. The highest BCUT2D eigenvalue weighted by Crippen LogP contribution is 2.36. The second-order valence-corrected chi connectivity index (χ2v) is 12.8. The lowest BCUT2D eigenvalue weighted by Gasteiger charge is -2.29. The van der Waals surface area contributed by atoms with Gasteiger partial charge < -0.3 is 15.1 Å². The molecule has 0 bridgehead atoms. The molecule has 0 unspecified atom stereocenters. The number of rotatable bonds is 8. The minimum atomic E-state index is 0.501. The number of thiophene rings is 1. The maximum atomic E-state index is 6.81. The average Bonchev–Trinajstić information content (AvgIpc) is 3.62. The molecule has 0 spiro atoms. The first-order valence-corrected chi connectivity index (χ1v) is 18.4. The van der Waals surface area contributed by atoms with E-state index < -0.39 is 0 Å². The zero-order valence-electron chi connectivity index (χ0n) is 30.2. The van der Waals surface area contributed by atoms with Crippen molar-refractivity contribution in [1.29, 1.82) is 0 Å². The summed E-state index contributed by atoms with van der Waals surface area (Å²) in [5, 5.41) is 3.34. The standard InChI is InChI=1S/C39H41N3OS.2C2H6/c1-6-8-9-10-13-21-41-39(40)37-38-33(22-25(3)29-15-11-12-16-34(29)42(37)5)31-19-17-27(23-35(31)43-38)28-18-20-32-30(14-7-2)26(4)44-36(32)24-28;2*1-2/h6-8,14-20,22-24H,3,9-13,21H2,1-2,4-5H3,(H2,40,41);2*1-2H3/b8-6-,14-7-,33-22-,38-37+;;. The van der Waals surface area contributed by atoms with Crippen molar-refractivity contribution >= 4 is 56.1 Å². The molecule has 1 aliphatic carbocycles. The number of hydrogen-bond donors (Lipinski definition) is 1. The first-order valence-electron chi connectivity index (χ1n) is 17.6. The van der Waals surface area contributed by atoms with Crippen LogP contribution in [0.1, 0.15) is 84.1 Å². The number of nitrogens with zero attached hydrogens (tertiary/aromatic N) is 2. The lowest BCUT2D eigenvalue weighted by Crippen LogP contribution is -2.39. The van der Waals surface area contributed by atoms with Crippen LogP contribution in [0.25, 0.3) is 50.0 Å². The number of allylic oxidation sites excluding steroid dienone is 6. The fourth-order valence-corrected chi connectivity index (χ4v) is 7.40.